The van der Waals surface area contributed by atoms with Crippen LogP contribution in [0.5, 0.6) is 0 Å². The molecule has 0 atom stereocenters. The van der Waals surface area contributed by atoms with Crippen LogP contribution in [0.1, 0.15) is 11.1 Å². The maximum atomic E-state index is 11.0. The molecule has 1 heterocycles. The van der Waals surface area contributed by atoms with Crippen LogP contribution < -0.4 is 4.90 Å². The van der Waals surface area contributed by atoms with E-state index in [1.54, 1.807) is 18.3 Å². The molecule has 0 spiro atoms. The smallest absolute Gasteiger partial charge is 0.270 e. The van der Waals surface area contributed by atoms with Crippen molar-refractivity contribution in [3.8, 4) is 0 Å². The van der Waals surface area contributed by atoms with Crippen LogP contribution in [0, 0.1) is 10.1 Å². The Balaban J connectivity index is 2.22. The summed E-state index contributed by atoms with van der Waals surface area (Å²) in [6.45, 7) is 0. The zero-order valence-corrected chi connectivity index (χ0v) is 11.4. The van der Waals surface area contributed by atoms with E-state index in [0.717, 1.165) is 22.5 Å². The molecule has 0 saturated carbocycles. The SMILES string of the molecule is CN1C=CN=C(c2ccccc2)c2cc([N+](=O)[O-])ccc21. The van der Waals surface area contributed by atoms with Gasteiger partial charge in [-0.25, -0.2) is 0 Å². The number of nitro groups is 1. The molecular formula is C16H13N3O2. The fourth-order valence-corrected chi connectivity index (χ4v) is 2.32. The maximum absolute atomic E-state index is 11.0. The van der Waals surface area contributed by atoms with Crippen molar-refractivity contribution in [1.29, 1.82) is 0 Å². The van der Waals surface area contributed by atoms with Gasteiger partial charge in [-0.05, 0) is 6.07 Å². The lowest BCUT2D eigenvalue weighted by Crippen LogP contribution is -2.12. The maximum Gasteiger partial charge on any atom is 0.270 e. The zero-order valence-electron chi connectivity index (χ0n) is 11.4. The van der Waals surface area contributed by atoms with E-state index in [1.807, 2.05) is 48.5 Å². The molecule has 1 aliphatic heterocycles. The predicted molar refractivity (Wildman–Crippen MR) is 82.7 cm³/mol. The molecule has 0 N–H and O–H groups in total. The van der Waals surface area contributed by atoms with Crippen molar-refractivity contribution in [2.45, 2.75) is 0 Å². The first-order chi connectivity index (χ1) is 10.2. The largest absolute Gasteiger partial charge is 0.349 e. The molecule has 0 saturated heterocycles. The predicted octanol–water partition coefficient (Wildman–Crippen LogP) is 3.35. The Morgan fingerprint density at radius 3 is 2.62 bits per heavy atom. The summed E-state index contributed by atoms with van der Waals surface area (Å²) in [5.41, 5.74) is 3.36. The Morgan fingerprint density at radius 1 is 1.14 bits per heavy atom. The molecule has 0 aliphatic carbocycles. The van der Waals surface area contributed by atoms with Crippen molar-refractivity contribution in [3.63, 3.8) is 0 Å². The first-order valence-electron chi connectivity index (χ1n) is 6.48. The van der Waals surface area contributed by atoms with E-state index < -0.39 is 0 Å². The fourth-order valence-electron chi connectivity index (χ4n) is 2.32. The van der Waals surface area contributed by atoms with Gasteiger partial charge in [-0.15, -0.1) is 0 Å². The van der Waals surface area contributed by atoms with Gasteiger partial charge in [0.2, 0.25) is 0 Å². The van der Waals surface area contributed by atoms with Gasteiger partial charge >= 0.3 is 0 Å². The Hall–Kier alpha value is -2.95. The van der Waals surface area contributed by atoms with E-state index in [9.17, 15) is 10.1 Å². The fraction of sp³-hybridized carbons (Fsp3) is 0.0625. The highest BCUT2D eigenvalue weighted by Crippen LogP contribution is 2.29. The molecule has 0 radical (unpaired) electrons. The molecule has 5 nitrogen and oxygen atoms in total. The van der Waals surface area contributed by atoms with Crippen molar-refractivity contribution in [2.75, 3.05) is 11.9 Å². The lowest BCUT2D eigenvalue weighted by molar-refractivity contribution is -0.384. The molecular weight excluding hydrogens is 266 g/mol. The van der Waals surface area contributed by atoms with Gasteiger partial charge in [0.1, 0.15) is 0 Å². The van der Waals surface area contributed by atoms with Crippen LogP contribution in [-0.2, 0) is 0 Å². The number of aliphatic imine (C=N–C) groups is 1. The van der Waals surface area contributed by atoms with E-state index in [0.29, 0.717) is 0 Å². The van der Waals surface area contributed by atoms with E-state index >= 15 is 0 Å². The summed E-state index contributed by atoms with van der Waals surface area (Å²) in [4.78, 5) is 17.0. The van der Waals surface area contributed by atoms with Gasteiger partial charge in [0, 0.05) is 42.7 Å². The Kier molecular flexibility index (Phi) is 3.23. The summed E-state index contributed by atoms with van der Waals surface area (Å²) in [5.74, 6) is 0. The number of benzene rings is 2. The summed E-state index contributed by atoms with van der Waals surface area (Å²) in [6, 6.07) is 14.5. The van der Waals surface area contributed by atoms with Crippen LogP contribution in [0.15, 0.2) is 65.9 Å². The Morgan fingerprint density at radius 2 is 1.90 bits per heavy atom. The van der Waals surface area contributed by atoms with Crippen molar-refractivity contribution >= 4 is 17.1 Å². The normalized spacial score (nSPS) is 13.4. The van der Waals surface area contributed by atoms with Crippen molar-refractivity contribution in [2.24, 2.45) is 4.99 Å². The third-order valence-electron chi connectivity index (χ3n) is 3.37. The van der Waals surface area contributed by atoms with Gasteiger partial charge in [-0.1, -0.05) is 30.3 Å². The topological polar surface area (TPSA) is 58.7 Å². The van der Waals surface area contributed by atoms with Gasteiger partial charge in [-0.3, -0.25) is 15.1 Å². The second-order valence-electron chi connectivity index (χ2n) is 4.71. The third-order valence-corrected chi connectivity index (χ3v) is 3.37. The summed E-state index contributed by atoms with van der Waals surface area (Å²) in [6.07, 6.45) is 3.54. The average Bonchev–Trinajstić information content (AvgIpc) is 2.67. The van der Waals surface area contributed by atoms with Gasteiger partial charge in [0.15, 0.2) is 0 Å². The van der Waals surface area contributed by atoms with Crippen LogP contribution in [-0.4, -0.2) is 17.7 Å². The standard InChI is InChI=1S/C16H13N3O2/c1-18-10-9-17-16(12-5-3-2-4-6-12)14-11-13(19(20)21)7-8-15(14)18/h2-11H,1H3. The monoisotopic (exact) mass is 279 g/mol. The quantitative estimate of drug-likeness (QED) is 0.625. The van der Waals surface area contributed by atoms with E-state index in [-0.39, 0.29) is 10.6 Å². The number of nitro benzene ring substituents is 1. The van der Waals surface area contributed by atoms with Crippen molar-refractivity contribution in [3.05, 3.63) is 82.2 Å². The second-order valence-corrected chi connectivity index (χ2v) is 4.71. The average molecular weight is 279 g/mol. The van der Waals surface area contributed by atoms with Crippen LogP contribution in [0.25, 0.3) is 0 Å². The first kappa shape index (κ1) is 13.1. The van der Waals surface area contributed by atoms with Crippen molar-refractivity contribution in [1.82, 2.24) is 0 Å². The molecule has 104 valence electrons. The molecule has 0 fully saturated rings. The van der Waals surface area contributed by atoms with Crippen LogP contribution in [0.2, 0.25) is 0 Å². The van der Waals surface area contributed by atoms with E-state index in [4.69, 9.17) is 0 Å². The minimum atomic E-state index is -0.388. The minimum Gasteiger partial charge on any atom is -0.349 e. The van der Waals surface area contributed by atoms with Gasteiger partial charge in [-0.2, -0.15) is 0 Å². The van der Waals surface area contributed by atoms with Crippen LogP contribution >= 0.6 is 0 Å². The third kappa shape index (κ3) is 2.41. The van der Waals surface area contributed by atoms with Crippen LogP contribution in [0.4, 0.5) is 11.4 Å². The zero-order chi connectivity index (χ0) is 14.8. The van der Waals surface area contributed by atoms with Crippen LogP contribution in [0.3, 0.4) is 0 Å². The number of anilines is 1. The lowest BCUT2D eigenvalue weighted by Gasteiger charge is -2.17. The number of non-ortho nitro benzene ring substituents is 1. The molecule has 5 heteroatoms. The Labute approximate surface area is 122 Å². The molecule has 0 unspecified atom stereocenters. The summed E-state index contributed by atoms with van der Waals surface area (Å²) < 4.78 is 0. The highest BCUT2D eigenvalue weighted by Gasteiger charge is 2.19. The summed E-state index contributed by atoms with van der Waals surface area (Å²) in [7, 11) is 1.89. The number of nitrogens with zero attached hydrogens (tertiary/aromatic N) is 3. The minimum absolute atomic E-state index is 0.0627. The van der Waals surface area contributed by atoms with E-state index in [1.165, 1.54) is 6.07 Å². The highest BCUT2D eigenvalue weighted by atomic mass is 16.6. The van der Waals surface area contributed by atoms with Gasteiger partial charge in [0.05, 0.1) is 16.3 Å². The number of hydrogen-bond acceptors (Lipinski definition) is 4. The molecule has 21 heavy (non-hydrogen) atoms. The second kappa shape index (κ2) is 5.20. The summed E-state index contributed by atoms with van der Waals surface area (Å²) in [5, 5.41) is 11.0. The molecule has 0 aromatic heterocycles. The molecule has 2 aromatic rings. The summed E-state index contributed by atoms with van der Waals surface area (Å²) >= 11 is 0. The molecule has 0 amide bonds. The lowest BCUT2D eigenvalue weighted by atomic mass is 9.99. The Bertz CT molecular complexity index is 751. The molecule has 3 rings (SSSR count). The van der Waals surface area contributed by atoms with E-state index in [2.05, 4.69) is 4.99 Å². The number of fused-ring (bicyclic) bond motifs is 1. The molecule has 1 aliphatic rings. The molecule has 2 aromatic carbocycles. The molecule has 0 bridgehead atoms. The first-order valence-corrected chi connectivity index (χ1v) is 6.48. The highest BCUT2D eigenvalue weighted by molar-refractivity contribution is 6.17. The number of hydrogen-bond donors (Lipinski definition) is 0. The number of rotatable bonds is 2. The van der Waals surface area contributed by atoms with Gasteiger partial charge < -0.3 is 4.90 Å². The van der Waals surface area contributed by atoms with Gasteiger partial charge in [0.25, 0.3) is 5.69 Å². The van der Waals surface area contributed by atoms with Crippen molar-refractivity contribution < 1.29 is 4.92 Å².